The molecular formula is C13H18ClNO. The van der Waals surface area contributed by atoms with Crippen molar-refractivity contribution in [1.29, 1.82) is 0 Å². The van der Waals surface area contributed by atoms with Crippen molar-refractivity contribution in [3.63, 3.8) is 0 Å². The topological polar surface area (TPSA) is 21.3 Å². The first-order chi connectivity index (χ1) is 7.70. The molecule has 1 N–H and O–H groups in total. The van der Waals surface area contributed by atoms with Gasteiger partial charge in [0.05, 0.1) is 6.10 Å². The van der Waals surface area contributed by atoms with Crippen LogP contribution in [0, 0.1) is 0 Å². The van der Waals surface area contributed by atoms with Gasteiger partial charge in [-0.3, -0.25) is 0 Å². The maximum absolute atomic E-state index is 6.03. The molecule has 1 aromatic rings. The number of hydrogen-bond acceptors (Lipinski definition) is 2. The van der Waals surface area contributed by atoms with E-state index < -0.39 is 0 Å². The van der Waals surface area contributed by atoms with Crippen LogP contribution in [0.2, 0.25) is 5.02 Å². The van der Waals surface area contributed by atoms with E-state index in [-0.39, 0.29) is 6.10 Å². The second-order valence-corrected chi connectivity index (χ2v) is 4.79. The molecule has 3 heteroatoms. The molecule has 1 heterocycles. The molecule has 1 aliphatic heterocycles. The maximum atomic E-state index is 6.03. The average Bonchev–Trinajstić information content (AvgIpc) is 2.26. The van der Waals surface area contributed by atoms with Crippen LogP contribution in [0.1, 0.15) is 38.3 Å². The molecule has 88 valence electrons. The van der Waals surface area contributed by atoms with E-state index in [2.05, 4.69) is 19.2 Å². The standard InChI is InChI=1S/C13H18ClNO/c1-3-6-15-12-7-9(2)16-13-5-4-10(14)8-11(12)13/h4-5,8-9,12,15H,3,6-7H2,1-2H3. The zero-order valence-corrected chi connectivity index (χ0v) is 10.6. The third-order valence-corrected chi connectivity index (χ3v) is 3.12. The van der Waals surface area contributed by atoms with Crippen molar-refractivity contribution in [2.24, 2.45) is 0 Å². The van der Waals surface area contributed by atoms with Crippen LogP contribution < -0.4 is 10.1 Å². The van der Waals surface area contributed by atoms with Gasteiger partial charge in [0.1, 0.15) is 5.75 Å². The lowest BCUT2D eigenvalue weighted by molar-refractivity contribution is 0.166. The Balaban J connectivity index is 2.24. The Labute approximate surface area is 102 Å². The molecule has 16 heavy (non-hydrogen) atoms. The predicted molar refractivity (Wildman–Crippen MR) is 67.2 cm³/mol. The van der Waals surface area contributed by atoms with E-state index in [0.29, 0.717) is 6.04 Å². The minimum atomic E-state index is 0.267. The fraction of sp³-hybridized carbons (Fsp3) is 0.538. The van der Waals surface area contributed by atoms with Crippen LogP contribution in [0.5, 0.6) is 5.75 Å². The van der Waals surface area contributed by atoms with Gasteiger partial charge in [0.25, 0.3) is 0 Å². The summed E-state index contributed by atoms with van der Waals surface area (Å²) in [4.78, 5) is 0. The van der Waals surface area contributed by atoms with Crippen LogP contribution in [0.25, 0.3) is 0 Å². The van der Waals surface area contributed by atoms with Gasteiger partial charge < -0.3 is 10.1 Å². The van der Waals surface area contributed by atoms with E-state index in [1.54, 1.807) is 0 Å². The highest BCUT2D eigenvalue weighted by Crippen LogP contribution is 2.36. The lowest BCUT2D eigenvalue weighted by atomic mass is 9.97. The number of ether oxygens (including phenoxy) is 1. The Morgan fingerprint density at radius 3 is 3.06 bits per heavy atom. The van der Waals surface area contributed by atoms with Crippen LogP contribution >= 0.6 is 11.6 Å². The number of hydrogen-bond donors (Lipinski definition) is 1. The first-order valence-corrected chi connectivity index (χ1v) is 6.28. The highest BCUT2D eigenvalue weighted by molar-refractivity contribution is 6.30. The molecule has 0 aromatic heterocycles. The van der Waals surface area contributed by atoms with Gasteiger partial charge in [0.15, 0.2) is 0 Å². The van der Waals surface area contributed by atoms with Crippen molar-refractivity contribution in [3.05, 3.63) is 28.8 Å². The first-order valence-electron chi connectivity index (χ1n) is 5.90. The van der Waals surface area contributed by atoms with E-state index in [1.807, 2.05) is 18.2 Å². The molecule has 0 saturated carbocycles. The lowest BCUT2D eigenvalue weighted by Gasteiger charge is -2.31. The van der Waals surface area contributed by atoms with Crippen molar-refractivity contribution in [1.82, 2.24) is 5.32 Å². The monoisotopic (exact) mass is 239 g/mol. The molecule has 1 aromatic carbocycles. The van der Waals surface area contributed by atoms with Gasteiger partial charge >= 0.3 is 0 Å². The lowest BCUT2D eigenvalue weighted by Crippen LogP contribution is -2.31. The molecule has 2 nitrogen and oxygen atoms in total. The number of halogens is 1. The zero-order chi connectivity index (χ0) is 11.5. The van der Waals surface area contributed by atoms with Crippen molar-refractivity contribution in [2.45, 2.75) is 38.8 Å². The predicted octanol–water partition coefficient (Wildman–Crippen LogP) is 3.55. The minimum absolute atomic E-state index is 0.267. The summed E-state index contributed by atoms with van der Waals surface area (Å²) in [5.41, 5.74) is 1.19. The van der Waals surface area contributed by atoms with Crippen LogP contribution in [0.4, 0.5) is 0 Å². The third kappa shape index (κ3) is 2.50. The van der Waals surface area contributed by atoms with Gasteiger partial charge in [-0.15, -0.1) is 0 Å². The van der Waals surface area contributed by atoms with Crippen molar-refractivity contribution in [2.75, 3.05) is 6.54 Å². The smallest absolute Gasteiger partial charge is 0.124 e. The highest BCUT2D eigenvalue weighted by Gasteiger charge is 2.25. The number of benzene rings is 1. The van der Waals surface area contributed by atoms with Crippen molar-refractivity contribution < 1.29 is 4.74 Å². The van der Waals surface area contributed by atoms with Gasteiger partial charge in [-0.1, -0.05) is 18.5 Å². The van der Waals surface area contributed by atoms with Gasteiger partial charge in [0, 0.05) is 23.0 Å². The highest BCUT2D eigenvalue weighted by atomic mass is 35.5. The molecule has 0 saturated heterocycles. The molecule has 0 bridgehead atoms. The van der Waals surface area contributed by atoms with E-state index in [0.717, 1.165) is 30.2 Å². The second-order valence-electron chi connectivity index (χ2n) is 4.35. The Morgan fingerprint density at radius 2 is 2.31 bits per heavy atom. The second kappa shape index (κ2) is 5.07. The normalized spacial score (nSPS) is 23.7. The van der Waals surface area contributed by atoms with Crippen LogP contribution in [0.3, 0.4) is 0 Å². The van der Waals surface area contributed by atoms with Crippen molar-refractivity contribution >= 4 is 11.6 Å². The largest absolute Gasteiger partial charge is 0.490 e. The first kappa shape index (κ1) is 11.7. The molecule has 2 unspecified atom stereocenters. The summed E-state index contributed by atoms with van der Waals surface area (Å²) >= 11 is 6.03. The van der Waals surface area contributed by atoms with E-state index in [1.165, 1.54) is 5.56 Å². The van der Waals surface area contributed by atoms with Crippen LogP contribution in [0.15, 0.2) is 18.2 Å². The van der Waals surface area contributed by atoms with Crippen molar-refractivity contribution in [3.8, 4) is 5.75 Å². The molecule has 1 aliphatic rings. The minimum Gasteiger partial charge on any atom is -0.490 e. The summed E-state index contributed by atoms with van der Waals surface area (Å²) in [5, 5.41) is 4.32. The Kier molecular flexibility index (Phi) is 3.72. The summed E-state index contributed by atoms with van der Waals surface area (Å²) in [6, 6.07) is 6.23. The van der Waals surface area contributed by atoms with Crippen LogP contribution in [-0.4, -0.2) is 12.6 Å². The van der Waals surface area contributed by atoms with E-state index >= 15 is 0 Å². The molecular weight excluding hydrogens is 222 g/mol. The summed E-state index contributed by atoms with van der Waals surface area (Å²) in [5.74, 6) is 0.969. The van der Waals surface area contributed by atoms with Crippen LogP contribution in [-0.2, 0) is 0 Å². The summed E-state index contributed by atoms with van der Waals surface area (Å²) in [6.07, 6.45) is 2.41. The van der Waals surface area contributed by atoms with E-state index in [9.17, 15) is 0 Å². The van der Waals surface area contributed by atoms with Gasteiger partial charge in [0.2, 0.25) is 0 Å². The maximum Gasteiger partial charge on any atom is 0.124 e. The Bertz CT molecular complexity index is 367. The van der Waals surface area contributed by atoms with Gasteiger partial charge in [-0.05, 0) is 38.1 Å². The van der Waals surface area contributed by atoms with Gasteiger partial charge in [-0.25, -0.2) is 0 Å². The Hall–Kier alpha value is -0.730. The Morgan fingerprint density at radius 1 is 1.50 bits per heavy atom. The molecule has 2 rings (SSSR count). The molecule has 0 amide bonds. The molecule has 2 atom stereocenters. The number of nitrogens with one attached hydrogen (secondary N) is 1. The quantitative estimate of drug-likeness (QED) is 0.871. The average molecular weight is 240 g/mol. The van der Waals surface area contributed by atoms with Gasteiger partial charge in [-0.2, -0.15) is 0 Å². The molecule has 0 spiro atoms. The SMILES string of the molecule is CCCNC1CC(C)Oc2ccc(Cl)cc21. The fourth-order valence-electron chi connectivity index (χ4n) is 2.13. The summed E-state index contributed by atoms with van der Waals surface area (Å²) in [6.45, 7) is 5.32. The fourth-order valence-corrected chi connectivity index (χ4v) is 2.32. The molecule has 0 radical (unpaired) electrons. The molecule has 0 aliphatic carbocycles. The summed E-state index contributed by atoms with van der Waals surface area (Å²) < 4.78 is 5.80. The third-order valence-electron chi connectivity index (χ3n) is 2.88. The number of rotatable bonds is 3. The zero-order valence-electron chi connectivity index (χ0n) is 9.79. The molecule has 0 fully saturated rings. The summed E-state index contributed by atoms with van der Waals surface area (Å²) in [7, 11) is 0. The number of fused-ring (bicyclic) bond motifs is 1. The van der Waals surface area contributed by atoms with E-state index in [4.69, 9.17) is 16.3 Å².